The topological polar surface area (TPSA) is 95.3 Å². The first-order valence-corrected chi connectivity index (χ1v) is 9.51. The van der Waals surface area contributed by atoms with Gasteiger partial charge in [0.05, 0.1) is 30.8 Å². The summed E-state index contributed by atoms with van der Waals surface area (Å²) in [6, 6.07) is 13.7. The second-order valence-electron chi connectivity index (χ2n) is 6.73. The lowest BCUT2D eigenvalue weighted by Gasteiger charge is -2.13. The van der Waals surface area contributed by atoms with E-state index in [1.807, 2.05) is 12.1 Å². The molecule has 4 rings (SSSR count). The van der Waals surface area contributed by atoms with Crippen LogP contribution in [-0.2, 0) is 6.54 Å². The van der Waals surface area contributed by atoms with Crippen molar-refractivity contribution < 1.29 is 14.3 Å². The quantitative estimate of drug-likeness (QED) is 0.519. The molecule has 0 aliphatic heterocycles. The van der Waals surface area contributed by atoms with Crippen molar-refractivity contribution in [1.82, 2.24) is 19.9 Å². The SMILES string of the molecule is COc1ccc(OC)c(-n2cnc3cc(C(=O)NCc4cccnc4)ccc3c2=O)c1. The molecule has 0 saturated carbocycles. The predicted molar refractivity (Wildman–Crippen MR) is 116 cm³/mol. The molecule has 0 aliphatic rings. The van der Waals surface area contributed by atoms with Gasteiger partial charge in [-0.15, -0.1) is 0 Å². The summed E-state index contributed by atoms with van der Waals surface area (Å²) in [6.07, 6.45) is 4.78. The molecular formula is C23H20N4O4. The molecule has 2 heterocycles. The van der Waals surface area contributed by atoms with E-state index in [9.17, 15) is 9.59 Å². The minimum Gasteiger partial charge on any atom is -0.497 e. The fourth-order valence-corrected chi connectivity index (χ4v) is 3.21. The second-order valence-corrected chi connectivity index (χ2v) is 6.73. The average Bonchev–Trinajstić information content (AvgIpc) is 2.82. The Morgan fingerprint density at radius 3 is 2.71 bits per heavy atom. The maximum atomic E-state index is 13.1. The summed E-state index contributed by atoms with van der Waals surface area (Å²) in [4.78, 5) is 34.0. The van der Waals surface area contributed by atoms with E-state index in [4.69, 9.17) is 9.47 Å². The van der Waals surface area contributed by atoms with E-state index in [0.717, 1.165) is 5.56 Å². The number of benzene rings is 2. The minimum atomic E-state index is -0.279. The predicted octanol–water partition coefficient (Wildman–Crippen LogP) is 2.73. The monoisotopic (exact) mass is 416 g/mol. The normalized spacial score (nSPS) is 10.6. The molecule has 2 aromatic carbocycles. The molecule has 31 heavy (non-hydrogen) atoms. The number of amides is 1. The number of rotatable bonds is 6. The molecule has 1 N–H and O–H groups in total. The summed E-state index contributed by atoms with van der Waals surface area (Å²) in [5, 5.41) is 3.22. The van der Waals surface area contributed by atoms with Crippen LogP contribution in [0, 0.1) is 0 Å². The number of fused-ring (bicyclic) bond motifs is 1. The van der Waals surface area contributed by atoms with Gasteiger partial charge in [0, 0.05) is 30.6 Å². The van der Waals surface area contributed by atoms with Crippen molar-refractivity contribution in [3.05, 3.63) is 88.7 Å². The van der Waals surface area contributed by atoms with Gasteiger partial charge in [0.2, 0.25) is 0 Å². The van der Waals surface area contributed by atoms with Gasteiger partial charge in [-0.05, 0) is 42.0 Å². The van der Waals surface area contributed by atoms with Gasteiger partial charge in [0.15, 0.2) is 0 Å². The maximum absolute atomic E-state index is 13.1. The van der Waals surface area contributed by atoms with E-state index in [0.29, 0.717) is 40.2 Å². The lowest BCUT2D eigenvalue weighted by Crippen LogP contribution is -2.23. The lowest BCUT2D eigenvalue weighted by atomic mass is 10.1. The standard InChI is InChI=1S/C23H20N4O4/c1-30-17-6-8-21(31-2)20(11-17)27-14-26-19-10-16(5-7-18(19)23(27)29)22(28)25-13-15-4-3-9-24-12-15/h3-12,14H,13H2,1-2H3,(H,25,28). The number of hydrogen-bond donors (Lipinski definition) is 1. The Hall–Kier alpha value is -4.20. The van der Waals surface area contributed by atoms with Gasteiger partial charge >= 0.3 is 0 Å². The van der Waals surface area contributed by atoms with Crippen LogP contribution in [0.5, 0.6) is 11.5 Å². The van der Waals surface area contributed by atoms with Gasteiger partial charge < -0.3 is 14.8 Å². The van der Waals surface area contributed by atoms with Crippen LogP contribution in [-0.4, -0.2) is 34.7 Å². The molecular weight excluding hydrogens is 396 g/mol. The van der Waals surface area contributed by atoms with Crippen LogP contribution in [0.4, 0.5) is 0 Å². The van der Waals surface area contributed by atoms with Crippen LogP contribution >= 0.6 is 0 Å². The maximum Gasteiger partial charge on any atom is 0.265 e. The van der Waals surface area contributed by atoms with Crippen molar-refractivity contribution in [2.24, 2.45) is 0 Å². The Morgan fingerprint density at radius 1 is 1.10 bits per heavy atom. The molecule has 8 heteroatoms. The first-order valence-electron chi connectivity index (χ1n) is 9.51. The molecule has 0 atom stereocenters. The zero-order chi connectivity index (χ0) is 21.8. The summed E-state index contributed by atoms with van der Waals surface area (Å²) < 4.78 is 12.0. The van der Waals surface area contributed by atoms with Crippen molar-refractivity contribution in [2.45, 2.75) is 6.54 Å². The highest BCUT2D eigenvalue weighted by atomic mass is 16.5. The lowest BCUT2D eigenvalue weighted by molar-refractivity contribution is 0.0951. The Balaban J connectivity index is 1.66. The first-order chi connectivity index (χ1) is 15.1. The van der Waals surface area contributed by atoms with Gasteiger partial charge in [-0.25, -0.2) is 4.98 Å². The molecule has 0 bridgehead atoms. The zero-order valence-corrected chi connectivity index (χ0v) is 17.0. The van der Waals surface area contributed by atoms with Gasteiger partial charge in [-0.1, -0.05) is 6.07 Å². The van der Waals surface area contributed by atoms with Crippen LogP contribution < -0.4 is 20.3 Å². The minimum absolute atomic E-state index is 0.258. The van der Waals surface area contributed by atoms with E-state index < -0.39 is 0 Å². The Kier molecular flexibility index (Phi) is 5.61. The van der Waals surface area contributed by atoms with E-state index >= 15 is 0 Å². The fourth-order valence-electron chi connectivity index (χ4n) is 3.21. The van der Waals surface area contributed by atoms with Crippen molar-refractivity contribution in [1.29, 1.82) is 0 Å². The molecule has 1 amide bonds. The van der Waals surface area contributed by atoms with Gasteiger partial charge in [0.25, 0.3) is 11.5 Å². The summed E-state index contributed by atoms with van der Waals surface area (Å²) in [7, 11) is 3.08. The third-order valence-electron chi connectivity index (χ3n) is 4.84. The Labute approximate surface area is 178 Å². The van der Waals surface area contributed by atoms with E-state index in [2.05, 4.69) is 15.3 Å². The molecule has 8 nitrogen and oxygen atoms in total. The number of carbonyl (C=O) groups excluding carboxylic acids is 1. The Morgan fingerprint density at radius 2 is 1.97 bits per heavy atom. The highest BCUT2D eigenvalue weighted by molar-refractivity contribution is 5.97. The molecule has 0 spiro atoms. The average molecular weight is 416 g/mol. The molecule has 4 aromatic rings. The summed E-state index contributed by atoms with van der Waals surface area (Å²) >= 11 is 0. The molecule has 0 aliphatic carbocycles. The van der Waals surface area contributed by atoms with E-state index in [1.165, 1.54) is 18.0 Å². The summed E-state index contributed by atoms with van der Waals surface area (Å²) in [5.74, 6) is 0.838. The van der Waals surface area contributed by atoms with Crippen LogP contribution in [0.1, 0.15) is 15.9 Å². The second kappa shape index (κ2) is 8.66. The van der Waals surface area contributed by atoms with Crippen LogP contribution in [0.2, 0.25) is 0 Å². The van der Waals surface area contributed by atoms with Gasteiger partial charge in [-0.2, -0.15) is 0 Å². The number of aromatic nitrogens is 3. The number of methoxy groups -OCH3 is 2. The smallest absolute Gasteiger partial charge is 0.265 e. The summed E-state index contributed by atoms with van der Waals surface area (Å²) in [6.45, 7) is 0.357. The molecule has 156 valence electrons. The number of pyridine rings is 1. The van der Waals surface area contributed by atoms with Crippen molar-refractivity contribution >= 4 is 16.8 Å². The third-order valence-corrected chi connectivity index (χ3v) is 4.84. The molecule has 0 fully saturated rings. The number of ether oxygens (including phenoxy) is 2. The molecule has 0 unspecified atom stereocenters. The van der Waals surface area contributed by atoms with Gasteiger partial charge in [0.1, 0.15) is 17.8 Å². The number of hydrogen-bond acceptors (Lipinski definition) is 6. The van der Waals surface area contributed by atoms with Crippen LogP contribution in [0.25, 0.3) is 16.6 Å². The fraction of sp³-hybridized carbons (Fsp3) is 0.130. The molecule has 2 aromatic heterocycles. The van der Waals surface area contributed by atoms with E-state index in [-0.39, 0.29) is 11.5 Å². The highest BCUT2D eigenvalue weighted by Gasteiger charge is 2.14. The first kappa shape index (κ1) is 20.1. The highest BCUT2D eigenvalue weighted by Crippen LogP contribution is 2.26. The van der Waals surface area contributed by atoms with Crippen LogP contribution in [0.15, 0.2) is 72.0 Å². The Bertz CT molecular complexity index is 1300. The van der Waals surface area contributed by atoms with Crippen molar-refractivity contribution in [3.63, 3.8) is 0 Å². The number of nitrogens with zero attached hydrogens (tertiary/aromatic N) is 3. The number of carbonyl (C=O) groups is 1. The van der Waals surface area contributed by atoms with Crippen LogP contribution in [0.3, 0.4) is 0 Å². The number of nitrogens with one attached hydrogen (secondary N) is 1. The van der Waals surface area contributed by atoms with Crippen molar-refractivity contribution in [2.75, 3.05) is 14.2 Å². The zero-order valence-electron chi connectivity index (χ0n) is 17.0. The molecule has 0 radical (unpaired) electrons. The largest absolute Gasteiger partial charge is 0.497 e. The van der Waals surface area contributed by atoms with E-state index in [1.54, 1.807) is 55.9 Å². The van der Waals surface area contributed by atoms with Crippen molar-refractivity contribution in [3.8, 4) is 17.2 Å². The van der Waals surface area contributed by atoms with Gasteiger partial charge in [-0.3, -0.25) is 19.1 Å². The third kappa shape index (κ3) is 4.09. The molecule has 0 saturated heterocycles. The summed E-state index contributed by atoms with van der Waals surface area (Å²) in [5.41, 5.74) is 1.97.